The Morgan fingerprint density at radius 1 is 1.21 bits per heavy atom. The molecule has 0 spiro atoms. The molecule has 0 unspecified atom stereocenters. The summed E-state index contributed by atoms with van der Waals surface area (Å²) in [5, 5.41) is 2.70. The predicted molar refractivity (Wildman–Crippen MR) is 106 cm³/mol. The van der Waals surface area contributed by atoms with Gasteiger partial charge in [0, 0.05) is 5.69 Å². The average molecular weight is 401 g/mol. The Kier molecular flexibility index (Phi) is 4.71. The lowest BCUT2D eigenvalue weighted by molar-refractivity contribution is 0.102. The fourth-order valence-electron chi connectivity index (χ4n) is 2.99. The fourth-order valence-corrected chi connectivity index (χ4v) is 4.65. The number of para-hydroxylation sites is 1. The van der Waals surface area contributed by atoms with Crippen molar-refractivity contribution in [2.75, 3.05) is 22.8 Å². The molecule has 9 heteroatoms. The largest absolute Gasteiger partial charge is 0.490 e. The number of amides is 1. The highest BCUT2D eigenvalue weighted by Crippen LogP contribution is 2.58. The minimum Gasteiger partial charge on any atom is -0.490 e. The number of hydrogen-bond acceptors (Lipinski definition) is 7. The number of nitrogens with one attached hydrogen (secondary N) is 1. The number of ether oxygens (including phenoxy) is 1. The second-order valence-corrected chi connectivity index (χ2v) is 8.10. The summed E-state index contributed by atoms with van der Waals surface area (Å²) < 4.78 is 34.4. The zero-order valence-corrected chi connectivity index (χ0v) is 15.8. The van der Waals surface area contributed by atoms with Crippen LogP contribution in [-0.2, 0) is 0 Å². The lowest BCUT2D eigenvalue weighted by atomic mass is 10.2. The van der Waals surface area contributed by atoms with E-state index in [0.717, 1.165) is 0 Å². The fraction of sp³-hybridized carbons (Fsp3) is 0.158. The van der Waals surface area contributed by atoms with Gasteiger partial charge in [0.15, 0.2) is 12.1 Å². The lowest BCUT2D eigenvalue weighted by Crippen LogP contribution is -2.29. The minimum atomic E-state index is -3.37. The van der Waals surface area contributed by atoms with Crippen molar-refractivity contribution in [2.45, 2.75) is 11.8 Å². The molecule has 0 fully saturated rings. The molecule has 1 aromatic heterocycles. The maximum absolute atomic E-state index is 12.4. The van der Waals surface area contributed by atoms with Crippen molar-refractivity contribution in [2.24, 2.45) is 0 Å². The summed E-state index contributed by atoms with van der Waals surface area (Å²) in [6.07, 6.45) is 1.20. The van der Waals surface area contributed by atoms with Crippen LogP contribution in [0.1, 0.15) is 16.2 Å². The second-order valence-electron chi connectivity index (χ2n) is 6.18. The summed E-state index contributed by atoms with van der Waals surface area (Å²) in [5.41, 5.74) is 1.24. The molecule has 0 aliphatic carbocycles. The Morgan fingerprint density at radius 2 is 2.00 bits per heavy atom. The first-order valence-corrected chi connectivity index (χ1v) is 10.1. The number of carbonyl (C=O) groups is 1. The number of hydrogen-bond donors (Lipinski definition) is 3. The van der Waals surface area contributed by atoms with Crippen molar-refractivity contribution < 1.29 is 23.1 Å². The highest BCUT2D eigenvalue weighted by molar-refractivity contribution is 8.25. The summed E-state index contributed by atoms with van der Waals surface area (Å²) in [4.78, 5) is 16.5. The van der Waals surface area contributed by atoms with Gasteiger partial charge in [-0.25, -0.2) is 4.98 Å². The number of carbonyl (C=O) groups excluding carboxylic acids is 1. The molecule has 146 valence electrons. The quantitative estimate of drug-likeness (QED) is 0.605. The zero-order valence-electron chi connectivity index (χ0n) is 15.0. The van der Waals surface area contributed by atoms with Crippen LogP contribution in [0.2, 0.25) is 0 Å². The van der Waals surface area contributed by atoms with Crippen LogP contribution < -0.4 is 14.4 Å². The molecule has 0 saturated carbocycles. The molecule has 4 rings (SSSR count). The Bertz CT molecular complexity index is 1010. The van der Waals surface area contributed by atoms with Gasteiger partial charge in [0.25, 0.3) is 5.91 Å². The third-order valence-corrected chi connectivity index (χ3v) is 6.28. The molecule has 1 aliphatic heterocycles. The number of fused-ring (bicyclic) bond motifs is 1. The third kappa shape index (κ3) is 3.31. The first-order chi connectivity index (χ1) is 13.5. The van der Waals surface area contributed by atoms with Gasteiger partial charge in [0.2, 0.25) is 0 Å². The van der Waals surface area contributed by atoms with Crippen LogP contribution in [0.3, 0.4) is 0 Å². The third-order valence-electron chi connectivity index (χ3n) is 4.36. The van der Waals surface area contributed by atoms with Gasteiger partial charge in [-0.2, -0.15) is 0 Å². The van der Waals surface area contributed by atoms with Gasteiger partial charge < -0.3 is 14.5 Å². The van der Waals surface area contributed by atoms with Crippen molar-refractivity contribution >= 4 is 28.1 Å². The summed E-state index contributed by atoms with van der Waals surface area (Å²) in [6.45, 7) is 2.24. The summed E-state index contributed by atoms with van der Waals surface area (Å²) >= 11 is 0. The van der Waals surface area contributed by atoms with Crippen LogP contribution in [0.25, 0.3) is 0 Å². The number of aromatic nitrogens is 1. The monoisotopic (exact) mass is 401 g/mol. The molecule has 2 heterocycles. The lowest BCUT2D eigenvalue weighted by Gasteiger charge is -2.42. The van der Waals surface area contributed by atoms with Crippen molar-refractivity contribution in [3.8, 4) is 5.75 Å². The van der Waals surface area contributed by atoms with Crippen LogP contribution in [0.15, 0.2) is 64.2 Å². The van der Waals surface area contributed by atoms with E-state index in [1.54, 1.807) is 31.2 Å². The minimum absolute atomic E-state index is 0.170. The summed E-state index contributed by atoms with van der Waals surface area (Å²) in [7, 11) is -3.37. The van der Waals surface area contributed by atoms with E-state index < -0.39 is 16.7 Å². The van der Waals surface area contributed by atoms with E-state index in [0.29, 0.717) is 36.0 Å². The van der Waals surface area contributed by atoms with Gasteiger partial charge in [-0.3, -0.25) is 18.2 Å². The van der Waals surface area contributed by atoms with Crippen molar-refractivity contribution in [3.05, 3.63) is 66.4 Å². The van der Waals surface area contributed by atoms with Gasteiger partial charge >= 0.3 is 0 Å². The molecule has 0 bridgehead atoms. The van der Waals surface area contributed by atoms with Crippen LogP contribution in [0.4, 0.5) is 11.4 Å². The standard InChI is InChI=1S/C19H19N3O5S/c1-13-18(20-12-27-13)19(23)21-14-7-8-16-17(11-14)28(24,25)22(9-10-26-16)15-5-3-2-4-6-15/h2-8,11-12,24-25H,9-10H2,1H3,(H,21,23). The van der Waals surface area contributed by atoms with E-state index in [9.17, 15) is 13.9 Å². The van der Waals surface area contributed by atoms with E-state index in [1.165, 1.54) is 16.8 Å². The van der Waals surface area contributed by atoms with E-state index in [2.05, 4.69) is 10.3 Å². The van der Waals surface area contributed by atoms with Crippen LogP contribution in [0.5, 0.6) is 5.75 Å². The zero-order chi connectivity index (χ0) is 19.7. The van der Waals surface area contributed by atoms with Gasteiger partial charge in [-0.1, -0.05) is 29.0 Å². The number of benzene rings is 2. The number of nitrogens with zero attached hydrogens (tertiary/aromatic N) is 2. The molecule has 2 aromatic carbocycles. The predicted octanol–water partition coefficient (Wildman–Crippen LogP) is 4.16. The Labute approximate surface area is 163 Å². The molecule has 1 aliphatic rings. The second kappa shape index (κ2) is 7.19. The van der Waals surface area contributed by atoms with Gasteiger partial charge in [-0.05, 0) is 37.3 Å². The van der Waals surface area contributed by atoms with Crippen molar-refractivity contribution in [3.63, 3.8) is 0 Å². The van der Waals surface area contributed by atoms with Crippen LogP contribution >= 0.6 is 10.8 Å². The van der Waals surface area contributed by atoms with E-state index in [1.807, 2.05) is 18.2 Å². The first-order valence-electron chi connectivity index (χ1n) is 8.56. The summed E-state index contributed by atoms with van der Waals surface area (Å²) in [6, 6.07) is 13.9. The topological polar surface area (TPSA) is 108 Å². The highest BCUT2D eigenvalue weighted by atomic mass is 32.3. The maximum Gasteiger partial charge on any atom is 0.277 e. The van der Waals surface area contributed by atoms with Crippen LogP contribution in [0, 0.1) is 6.92 Å². The molecule has 1 amide bonds. The van der Waals surface area contributed by atoms with Gasteiger partial charge in [-0.15, -0.1) is 0 Å². The summed E-state index contributed by atoms with van der Waals surface area (Å²) in [5.74, 6) is 0.321. The Morgan fingerprint density at radius 3 is 2.71 bits per heavy atom. The molecule has 28 heavy (non-hydrogen) atoms. The molecule has 0 radical (unpaired) electrons. The van der Waals surface area contributed by atoms with Crippen molar-refractivity contribution in [1.82, 2.24) is 4.98 Å². The maximum atomic E-state index is 12.4. The molecule has 8 nitrogen and oxygen atoms in total. The smallest absolute Gasteiger partial charge is 0.277 e. The molecular formula is C19H19N3O5S. The van der Waals surface area contributed by atoms with Crippen LogP contribution in [-0.4, -0.2) is 33.1 Å². The number of rotatable bonds is 3. The number of oxazole rings is 1. The Balaban J connectivity index is 1.68. The van der Waals surface area contributed by atoms with E-state index in [4.69, 9.17) is 9.15 Å². The highest BCUT2D eigenvalue weighted by Gasteiger charge is 2.32. The average Bonchev–Trinajstić information content (AvgIpc) is 3.07. The van der Waals surface area contributed by atoms with E-state index >= 15 is 0 Å². The molecular weight excluding hydrogens is 382 g/mol. The molecule has 3 aromatic rings. The number of aryl methyl sites for hydroxylation is 1. The first kappa shape index (κ1) is 18.4. The molecule has 0 atom stereocenters. The number of anilines is 2. The van der Waals surface area contributed by atoms with Gasteiger partial charge in [0.05, 0.1) is 12.2 Å². The molecule has 3 N–H and O–H groups in total. The SMILES string of the molecule is Cc1ocnc1C(=O)Nc1ccc2c(c1)S(O)(O)N(c1ccccc1)CCO2. The normalized spacial score (nSPS) is 16.5. The van der Waals surface area contributed by atoms with Gasteiger partial charge in [0.1, 0.15) is 23.0 Å². The molecule has 0 saturated heterocycles. The van der Waals surface area contributed by atoms with E-state index in [-0.39, 0.29) is 10.6 Å². The van der Waals surface area contributed by atoms with Crippen molar-refractivity contribution in [1.29, 1.82) is 0 Å². The Hall–Kier alpha value is -3.01.